The van der Waals surface area contributed by atoms with Crippen LogP contribution in [0.5, 0.6) is 0 Å². The van der Waals surface area contributed by atoms with Crippen molar-refractivity contribution in [3.8, 4) is 0 Å². The van der Waals surface area contributed by atoms with Gasteiger partial charge in [0.05, 0.1) is 0 Å². The van der Waals surface area contributed by atoms with Gasteiger partial charge in [-0.25, -0.2) is 0 Å². The van der Waals surface area contributed by atoms with Crippen molar-refractivity contribution in [3.63, 3.8) is 0 Å². The van der Waals surface area contributed by atoms with Crippen LogP contribution in [-0.2, 0) is 0 Å². The van der Waals surface area contributed by atoms with Crippen LogP contribution < -0.4 is 0 Å². The van der Waals surface area contributed by atoms with Crippen molar-refractivity contribution in [1.82, 2.24) is 0 Å². The van der Waals surface area contributed by atoms with Crippen molar-refractivity contribution in [2.24, 2.45) is 59.2 Å². The fourth-order valence-corrected chi connectivity index (χ4v) is 10.6. The molecule has 0 spiro atoms. The smallest absolute Gasteiger partial charge is 0.0324 e. The molecule has 0 saturated heterocycles. The van der Waals surface area contributed by atoms with Crippen molar-refractivity contribution < 1.29 is 0 Å². The summed E-state index contributed by atoms with van der Waals surface area (Å²) in [5, 5.41) is 0. The molecule has 0 N–H and O–H groups in total. The van der Waals surface area contributed by atoms with E-state index < -0.39 is 0 Å². The predicted octanol–water partition coefficient (Wildman–Crippen LogP) is 11.1. The van der Waals surface area contributed by atoms with Crippen LogP contribution in [-0.4, -0.2) is 0 Å². The fraction of sp³-hybridized carbons (Fsp3) is 1.00. The molecule has 6 atom stereocenters. The molecular weight excluding hydrogens is 408 g/mol. The lowest BCUT2D eigenvalue weighted by molar-refractivity contribution is 0.00318. The highest BCUT2D eigenvalue weighted by atomic mass is 14.5. The molecule has 5 fully saturated rings. The second-order valence-corrected chi connectivity index (χ2v) is 14.0. The summed E-state index contributed by atoms with van der Waals surface area (Å²) < 4.78 is 0. The van der Waals surface area contributed by atoms with Gasteiger partial charge in [-0.3, -0.25) is 0 Å². The number of hydrogen-bond acceptors (Lipinski definition) is 0. The highest BCUT2D eigenvalue weighted by Gasteiger charge is 2.47. The van der Waals surface area contributed by atoms with Crippen LogP contribution >= 0.6 is 0 Å². The van der Waals surface area contributed by atoms with E-state index >= 15 is 0 Å². The summed E-state index contributed by atoms with van der Waals surface area (Å²) in [6.45, 7) is 9.57. The zero-order valence-electron chi connectivity index (χ0n) is 23.9. The van der Waals surface area contributed by atoms with Gasteiger partial charge in [0.25, 0.3) is 0 Å². The third-order valence-corrected chi connectivity index (χ3v) is 12.2. The van der Waals surface area contributed by atoms with Crippen LogP contribution in [0.15, 0.2) is 0 Å². The zero-order valence-corrected chi connectivity index (χ0v) is 23.9. The first-order chi connectivity index (χ1) is 16.7. The largest absolute Gasteiger partial charge is 0.0651 e. The fourth-order valence-electron chi connectivity index (χ4n) is 10.6. The summed E-state index contributed by atoms with van der Waals surface area (Å²) in [4.78, 5) is 0. The molecule has 5 aliphatic carbocycles. The topological polar surface area (TPSA) is 0 Å². The molecule has 0 bridgehead atoms. The maximum absolute atomic E-state index is 2.44. The quantitative estimate of drug-likeness (QED) is 0.374. The Morgan fingerprint density at radius 2 is 0.971 bits per heavy atom. The summed E-state index contributed by atoms with van der Waals surface area (Å²) >= 11 is 0. The van der Waals surface area contributed by atoms with Crippen molar-refractivity contribution in [1.29, 1.82) is 0 Å². The normalized spacial score (nSPS) is 42.0. The highest BCUT2D eigenvalue weighted by Crippen LogP contribution is 2.56. The first kappa shape index (κ1) is 27.0. The Morgan fingerprint density at radius 3 is 1.53 bits per heavy atom. The van der Waals surface area contributed by atoms with Gasteiger partial charge in [-0.05, 0) is 91.3 Å². The summed E-state index contributed by atoms with van der Waals surface area (Å²) in [6.07, 6.45) is 30.8. The van der Waals surface area contributed by atoms with Gasteiger partial charge in [-0.1, -0.05) is 124 Å². The second-order valence-electron chi connectivity index (χ2n) is 14.0. The van der Waals surface area contributed by atoms with Crippen LogP contribution in [0, 0.1) is 59.2 Å². The van der Waals surface area contributed by atoms with E-state index in [-0.39, 0.29) is 0 Å². The van der Waals surface area contributed by atoms with E-state index in [2.05, 4.69) is 27.7 Å². The Balaban J connectivity index is 0.000000182. The lowest BCUT2D eigenvalue weighted by Crippen LogP contribution is -2.41. The van der Waals surface area contributed by atoms with Gasteiger partial charge in [-0.15, -0.1) is 0 Å². The molecule has 198 valence electrons. The molecule has 0 aromatic rings. The number of hydrogen-bond donors (Lipinski definition) is 0. The molecule has 0 aliphatic heterocycles. The first-order valence-corrected chi connectivity index (χ1v) is 16.7. The Morgan fingerprint density at radius 1 is 0.471 bits per heavy atom. The molecule has 0 heterocycles. The minimum atomic E-state index is 0.984. The van der Waals surface area contributed by atoms with Gasteiger partial charge < -0.3 is 0 Å². The molecule has 34 heavy (non-hydrogen) atoms. The van der Waals surface area contributed by atoms with Crippen LogP contribution in [0.4, 0.5) is 0 Å². The molecule has 5 rings (SSSR count). The number of fused-ring (bicyclic) bond motifs is 1. The van der Waals surface area contributed by atoms with Crippen molar-refractivity contribution in [3.05, 3.63) is 0 Å². The molecule has 0 heteroatoms. The zero-order chi connectivity index (χ0) is 23.9. The SMILES string of the molecule is C1CCC(C2CCC3CCCC3C2C2CCCCC2)CC1.CCC1CC(C)CC(CC)C1CC. The van der Waals surface area contributed by atoms with Gasteiger partial charge in [-0.2, -0.15) is 0 Å². The van der Waals surface area contributed by atoms with Gasteiger partial charge in [0.2, 0.25) is 0 Å². The lowest BCUT2D eigenvalue weighted by atomic mass is 9.56. The molecule has 0 amide bonds. The van der Waals surface area contributed by atoms with Gasteiger partial charge >= 0.3 is 0 Å². The lowest BCUT2D eigenvalue weighted by Gasteiger charge is -2.49. The Bertz CT molecular complexity index is 538. The maximum Gasteiger partial charge on any atom is -0.0324 e. The molecule has 5 saturated carbocycles. The molecule has 5 aliphatic rings. The molecule has 0 nitrogen and oxygen atoms in total. The van der Waals surface area contributed by atoms with E-state index in [0.717, 1.165) is 59.2 Å². The molecular formula is C34H62. The number of rotatable bonds is 5. The first-order valence-electron chi connectivity index (χ1n) is 16.7. The van der Waals surface area contributed by atoms with E-state index in [1.54, 1.807) is 83.5 Å². The monoisotopic (exact) mass is 470 g/mol. The van der Waals surface area contributed by atoms with Crippen LogP contribution in [0.1, 0.15) is 156 Å². The molecule has 0 radical (unpaired) electrons. The third kappa shape index (κ3) is 6.46. The molecule has 0 aromatic carbocycles. The van der Waals surface area contributed by atoms with Crippen molar-refractivity contribution >= 4 is 0 Å². The van der Waals surface area contributed by atoms with E-state index in [4.69, 9.17) is 0 Å². The minimum Gasteiger partial charge on any atom is -0.0651 e. The van der Waals surface area contributed by atoms with Crippen molar-refractivity contribution in [2.75, 3.05) is 0 Å². The predicted molar refractivity (Wildman–Crippen MR) is 150 cm³/mol. The van der Waals surface area contributed by atoms with Gasteiger partial charge in [0.15, 0.2) is 0 Å². The summed E-state index contributed by atoms with van der Waals surface area (Å²) in [5.74, 6) is 11.0. The summed E-state index contributed by atoms with van der Waals surface area (Å²) in [6, 6.07) is 0. The van der Waals surface area contributed by atoms with Gasteiger partial charge in [0.1, 0.15) is 0 Å². The molecule has 6 unspecified atom stereocenters. The summed E-state index contributed by atoms with van der Waals surface area (Å²) in [7, 11) is 0. The van der Waals surface area contributed by atoms with Crippen LogP contribution in [0.2, 0.25) is 0 Å². The average Bonchev–Trinajstić information content (AvgIpc) is 3.38. The van der Waals surface area contributed by atoms with E-state index in [1.807, 2.05) is 0 Å². The Hall–Kier alpha value is 0. The van der Waals surface area contributed by atoms with E-state index in [1.165, 1.54) is 44.9 Å². The second kappa shape index (κ2) is 13.5. The van der Waals surface area contributed by atoms with Gasteiger partial charge in [0, 0.05) is 0 Å². The maximum atomic E-state index is 2.44. The Kier molecular flexibility index (Phi) is 10.8. The van der Waals surface area contributed by atoms with E-state index in [9.17, 15) is 0 Å². The van der Waals surface area contributed by atoms with Crippen LogP contribution in [0.25, 0.3) is 0 Å². The summed E-state index contributed by atoms with van der Waals surface area (Å²) in [5.41, 5.74) is 0. The third-order valence-electron chi connectivity index (χ3n) is 12.2. The average molecular weight is 471 g/mol. The molecule has 0 aromatic heterocycles. The Labute approximate surface area is 215 Å². The van der Waals surface area contributed by atoms with E-state index in [0.29, 0.717) is 0 Å². The van der Waals surface area contributed by atoms with Crippen molar-refractivity contribution in [2.45, 2.75) is 156 Å². The van der Waals surface area contributed by atoms with Crippen LogP contribution in [0.3, 0.4) is 0 Å². The minimum absolute atomic E-state index is 0.984. The standard InChI is InChI=1S/C21H36.C13H26/c1-3-8-16(9-4-1)20-15-14-17-12-7-13-19(17)21(20)18-10-5-2-6-11-18;1-5-11-8-10(4)9-12(6-2)13(11)7-3/h16-21H,1-15H2;10-13H,5-9H2,1-4H3. The highest BCUT2D eigenvalue weighted by molar-refractivity contribution is 4.96.